The maximum absolute atomic E-state index is 12.5. The highest BCUT2D eigenvalue weighted by Gasteiger charge is 2.24. The van der Waals surface area contributed by atoms with Gasteiger partial charge in [0, 0.05) is 6.42 Å². The van der Waals surface area contributed by atoms with Crippen molar-refractivity contribution in [3.63, 3.8) is 0 Å². The fraction of sp³-hybridized carbons (Fsp3) is 0.833. The van der Waals surface area contributed by atoms with Gasteiger partial charge < -0.3 is 20.1 Å². The van der Waals surface area contributed by atoms with Crippen LogP contribution in [0.1, 0.15) is 6.42 Å². The number of carbonyl (C=O) groups is 1. The molecule has 0 aliphatic carbocycles. The van der Waals surface area contributed by atoms with Gasteiger partial charge >= 0.3 is 0 Å². The second kappa shape index (κ2) is 5.17. The number of halogens is 1. The average molecular weight is 166 g/mol. The number of aliphatic hydroxyl groups excluding tert-OH is 3. The minimum absolute atomic E-state index is 0.304. The van der Waals surface area contributed by atoms with Crippen molar-refractivity contribution in [2.45, 2.75) is 24.8 Å². The van der Waals surface area contributed by atoms with E-state index >= 15 is 0 Å². The first-order valence-corrected chi connectivity index (χ1v) is 3.18. The highest BCUT2D eigenvalue weighted by atomic mass is 19.1. The van der Waals surface area contributed by atoms with Crippen molar-refractivity contribution < 1.29 is 24.5 Å². The Hall–Kier alpha value is -0.520. The summed E-state index contributed by atoms with van der Waals surface area (Å²) in [5, 5.41) is 25.7. The number of alkyl halides is 1. The van der Waals surface area contributed by atoms with E-state index < -0.39 is 31.4 Å². The van der Waals surface area contributed by atoms with Gasteiger partial charge in [-0.2, -0.15) is 0 Å². The van der Waals surface area contributed by atoms with E-state index in [1.807, 2.05) is 0 Å². The smallest absolute Gasteiger partial charge is 0.135 e. The maximum Gasteiger partial charge on any atom is 0.135 e. The summed E-state index contributed by atoms with van der Waals surface area (Å²) in [5.74, 6) is 0. The van der Waals surface area contributed by atoms with Gasteiger partial charge in [0.2, 0.25) is 0 Å². The molecule has 0 aromatic carbocycles. The Balaban J connectivity index is 3.79. The van der Waals surface area contributed by atoms with Crippen molar-refractivity contribution in [3.8, 4) is 0 Å². The van der Waals surface area contributed by atoms with Crippen molar-refractivity contribution in [2.75, 3.05) is 6.61 Å². The number of hydrogen-bond donors (Lipinski definition) is 3. The monoisotopic (exact) mass is 166 g/mol. The van der Waals surface area contributed by atoms with Crippen molar-refractivity contribution in [1.82, 2.24) is 0 Å². The Morgan fingerprint density at radius 2 is 2.00 bits per heavy atom. The summed E-state index contributed by atoms with van der Waals surface area (Å²) >= 11 is 0. The molecular formula is C6H11FO4. The fourth-order valence-corrected chi connectivity index (χ4v) is 0.580. The molecule has 5 heteroatoms. The minimum Gasteiger partial charge on any atom is -0.394 e. The molecule has 0 fully saturated rings. The van der Waals surface area contributed by atoms with E-state index in [2.05, 4.69) is 0 Å². The van der Waals surface area contributed by atoms with E-state index in [9.17, 15) is 9.18 Å². The van der Waals surface area contributed by atoms with E-state index in [1.54, 1.807) is 0 Å². The molecule has 0 radical (unpaired) electrons. The van der Waals surface area contributed by atoms with E-state index in [1.165, 1.54) is 0 Å². The third kappa shape index (κ3) is 3.41. The van der Waals surface area contributed by atoms with E-state index in [4.69, 9.17) is 15.3 Å². The van der Waals surface area contributed by atoms with Crippen LogP contribution in [0.5, 0.6) is 0 Å². The predicted octanol–water partition coefficient (Wildman–Crippen LogP) is -1.37. The van der Waals surface area contributed by atoms with E-state index in [-0.39, 0.29) is 0 Å². The summed E-state index contributed by atoms with van der Waals surface area (Å²) in [6.07, 6.45) is -5.19. The molecule has 0 unspecified atom stereocenters. The highest BCUT2D eigenvalue weighted by Crippen LogP contribution is 2.06. The summed E-state index contributed by atoms with van der Waals surface area (Å²) in [6.45, 7) is -0.722. The molecule has 3 atom stereocenters. The van der Waals surface area contributed by atoms with Crippen molar-refractivity contribution in [2.24, 2.45) is 0 Å². The molecule has 0 amide bonds. The molecule has 4 nitrogen and oxygen atoms in total. The Morgan fingerprint density at radius 3 is 2.36 bits per heavy atom. The van der Waals surface area contributed by atoms with Crippen LogP contribution in [0.3, 0.4) is 0 Å². The first kappa shape index (κ1) is 10.5. The molecule has 0 saturated heterocycles. The topological polar surface area (TPSA) is 77.8 Å². The van der Waals surface area contributed by atoms with Gasteiger partial charge in [0.25, 0.3) is 0 Å². The van der Waals surface area contributed by atoms with Crippen LogP contribution in [0.2, 0.25) is 0 Å². The third-order valence-electron chi connectivity index (χ3n) is 1.27. The molecule has 3 N–H and O–H groups in total. The zero-order chi connectivity index (χ0) is 8.85. The second-order valence-electron chi connectivity index (χ2n) is 2.16. The van der Waals surface area contributed by atoms with Crippen LogP contribution in [0, 0.1) is 0 Å². The standard InChI is InChI=1S/C6H11FO4/c7-4(1-2-8)6(11)5(10)3-9/h2,4-6,9-11H,1,3H2/t4-,5-,6+/m1/s1. The first-order chi connectivity index (χ1) is 5.13. The van der Waals surface area contributed by atoms with Crippen molar-refractivity contribution in [3.05, 3.63) is 0 Å². The Labute approximate surface area is 63.3 Å². The van der Waals surface area contributed by atoms with Gasteiger partial charge in [0.1, 0.15) is 24.7 Å². The molecule has 0 aromatic heterocycles. The van der Waals surface area contributed by atoms with Crippen LogP contribution in [-0.2, 0) is 4.79 Å². The number of rotatable bonds is 5. The van der Waals surface area contributed by atoms with Crippen LogP contribution >= 0.6 is 0 Å². The zero-order valence-electron chi connectivity index (χ0n) is 5.85. The normalized spacial score (nSPS) is 18.9. The molecule has 0 spiro atoms. The summed E-state index contributed by atoms with van der Waals surface area (Å²) in [4.78, 5) is 9.74. The Morgan fingerprint density at radius 1 is 1.45 bits per heavy atom. The molecule has 0 aromatic rings. The second-order valence-corrected chi connectivity index (χ2v) is 2.16. The van der Waals surface area contributed by atoms with Gasteiger partial charge in [-0.15, -0.1) is 0 Å². The summed E-state index contributed by atoms with van der Waals surface area (Å²) in [7, 11) is 0. The largest absolute Gasteiger partial charge is 0.394 e. The number of hydrogen-bond acceptors (Lipinski definition) is 4. The van der Waals surface area contributed by atoms with Gasteiger partial charge in [-0.3, -0.25) is 0 Å². The van der Waals surface area contributed by atoms with Crippen molar-refractivity contribution in [1.29, 1.82) is 0 Å². The predicted molar refractivity (Wildman–Crippen MR) is 34.7 cm³/mol. The lowest BCUT2D eigenvalue weighted by molar-refractivity contribution is -0.111. The molecule has 11 heavy (non-hydrogen) atoms. The van der Waals surface area contributed by atoms with E-state index in [0.717, 1.165) is 0 Å². The lowest BCUT2D eigenvalue weighted by atomic mass is 10.1. The maximum atomic E-state index is 12.5. The van der Waals surface area contributed by atoms with Crippen LogP contribution in [0.15, 0.2) is 0 Å². The highest BCUT2D eigenvalue weighted by molar-refractivity contribution is 5.50. The summed E-state index contributed by atoms with van der Waals surface area (Å²) < 4.78 is 12.5. The van der Waals surface area contributed by atoms with Gasteiger partial charge in [0.15, 0.2) is 0 Å². The zero-order valence-corrected chi connectivity index (χ0v) is 5.85. The number of aldehydes is 1. The molecule has 0 saturated carbocycles. The SMILES string of the molecule is O=CC[C@@H](F)[C@H](O)[C@H](O)CO. The third-order valence-corrected chi connectivity index (χ3v) is 1.27. The lowest BCUT2D eigenvalue weighted by Crippen LogP contribution is -2.37. The minimum atomic E-state index is -1.81. The Bertz CT molecular complexity index is 119. The molecule has 0 heterocycles. The number of aliphatic hydroxyl groups is 3. The summed E-state index contributed by atoms with van der Waals surface area (Å²) in [5.41, 5.74) is 0. The van der Waals surface area contributed by atoms with Crippen LogP contribution in [0.25, 0.3) is 0 Å². The Kier molecular flexibility index (Phi) is 4.93. The first-order valence-electron chi connectivity index (χ1n) is 3.18. The quantitative estimate of drug-likeness (QED) is 0.440. The molecular weight excluding hydrogens is 155 g/mol. The van der Waals surface area contributed by atoms with Gasteiger partial charge in [0.05, 0.1) is 6.61 Å². The fourth-order valence-electron chi connectivity index (χ4n) is 0.580. The number of carbonyl (C=O) groups excluding carboxylic acids is 1. The molecule has 0 rings (SSSR count). The summed E-state index contributed by atoms with van der Waals surface area (Å²) in [6, 6.07) is 0. The van der Waals surface area contributed by atoms with Gasteiger partial charge in [-0.1, -0.05) is 0 Å². The average Bonchev–Trinajstić information content (AvgIpc) is 2.02. The van der Waals surface area contributed by atoms with Gasteiger partial charge in [-0.25, -0.2) is 4.39 Å². The van der Waals surface area contributed by atoms with Gasteiger partial charge in [-0.05, 0) is 0 Å². The van der Waals surface area contributed by atoms with Crippen LogP contribution < -0.4 is 0 Å². The lowest BCUT2D eigenvalue weighted by Gasteiger charge is -2.17. The van der Waals surface area contributed by atoms with Crippen LogP contribution in [0.4, 0.5) is 4.39 Å². The molecule has 66 valence electrons. The van der Waals surface area contributed by atoms with Crippen molar-refractivity contribution >= 4 is 6.29 Å². The molecule has 0 bridgehead atoms. The molecule has 0 aliphatic heterocycles. The van der Waals surface area contributed by atoms with Crippen LogP contribution in [-0.4, -0.2) is 46.6 Å². The van der Waals surface area contributed by atoms with E-state index in [0.29, 0.717) is 6.29 Å². The molecule has 0 aliphatic rings.